The van der Waals surface area contributed by atoms with Crippen LogP contribution in [0.4, 0.5) is 0 Å². The first-order chi connectivity index (χ1) is 9.47. The maximum Gasteiger partial charge on any atom is 0.0472 e. The van der Waals surface area contributed by atoms with Crippen LogP contribution in [-0.2, 0) is 4.74 Å². The highest BCUT2D eigenvalue weighted by Gasteiger charge is 2.33. The summed E-state index contributed by atoms with van der Waals surface area (Å²) in [7, 11) is 6.39. The Hall–Kier alpha value is -0.160. The van der Waals surface area contributed by atoms with E-state index in [1.54, 1.807) is 0 Å². The Morgan fingerprint density at radius 2 is 1.80 bits per heavy atom. The molecule has 1 saturated heterocycles. The summed E-state index contributed by atoms with van der Waals surface area (Å²) >= 11 is 0. The highest BCUT2D eigenvalue weighted by molar-refractivity contribution is 4.87. The molecule has 20 heavy (non-hydrogen) atoms. The molecule has 0 aliphatic carbocycles. The first kappa shape index (κ1) is 17.9. The van der Waals surface area contributed by atoms with E-state index in [0.29, 0.717) is 5.41 Å². The molecule has 0 atom stereocenters. The molecule has 0 aromatic carbocycles. The van der Waals surface area contributed by atoms with Crippen LogP contribution >= 0.6 is 0 Å². The fraction of sp³-hybridized carbons (Fsp3) is 1.00. The third-order valence-corrected chi connectivity index (χ3v) is 4.15. The summed E-state index contributed by atoms with van der Waals surface area (Å²) in [6.07, 6.45) is 2.37. The van der Waals surface area contributed by atoms with Crippen LogP contribution in [0.1, 0.15) is 26.7 Å². The molecule has 0 radical (unpaired) electrons. The van der Waals surface area contributed by atoms with Gasteiger partial charge < -0.3 is 19.9 Å². The normalized spacial score (nSPS) is 19.2. The van der Waals surface area contributed by atoms with E-state index in [1.165, 1.54) is 25.9 Å². The lowest BCUT2D eigenvalue weighted by molar-refractivity contribution is -0.00593. The smallest absolute Gasteiger partial charge is 0.0472 e. The van der Waals surface area contributed by atoms with Crippen LogP contribution in [0.25, 0.3) is 0 Å². The van der Waals surface area contributed by atoms with E-state index in [9.17, 15) is 0 Å². The SMILES string of the molecule is CNCC1(CN(CCN(C)C)CC(C)C)CCOCC1. The van der Waals surface area contributed by atoms with Gasteiger partial charge >= 0.3 is 0 Å². The van der Waals surface area contributed by atoms with Crippen LogP contribution in [0, 0.1) is 11.3 Å². The largest absolute Gasteiger partial charge is 0.381 e. The van der Waals surface area contributed by atoms with Gasteiger partial charge in [-0.1, -0.05) is 13.8 Å². The maximum absolute atomic E-state index is 5.58. The second-order valence-corrected chi connectivity index (χ2v) is 7.07. The summed E-state index contributed by atoms with van der Waals surface area (Å²) in [5.41, 5.74) is 0.397. The number of likely N-dealkylation sites (N-methyl/N-ethyl adjacent to an activating group) is 1. The average Bonchev–Trinajstić information content (AvgIpc) is 2.36. The van der Waals surface area contributed by atoms with E-state index in [-0.39, 0.29) is 0 Å². The van der Waals surface area contributed by atoms with E-state index < -0.39 is 0 Å². The zero-order valence-corrected chi connectivity index (χ0v) is 14.2. The van der Waals surface area contributed by atoms with E-state index >= 15 is 0 Å². The monoisotopic (exact) mass is 285 g/mol. The van der Waals surface area contributed by atoms with Crippen molar-refractivity contribution in [3.63, 3.8) is 0 Å². The Kier molecular flexibility index (Phi) is 8.03. The topological polar surface area (TPSA) is 27.7 Å². The van der Waals surface area contributed by atoms with E-state index in [4.69, 9.17) is 4.74 Å². The summed E-state index contributed by atoms with van der Waals surface area (Å²) in [5, 5.41) is 3.41. The highest BCUT2D eigenvalue weighted by Crippen LogP contribution is 2.31. The van der Waals surface area contributed by atoms with Gasteiger partial charge in [0.05, 0.1) is 0 Å². The van der Waals surface area contributed by atoms with Crippen molar-refractivity contribution >= 4 is 0 Å². The Bertz CT molecular complexity index is 245. The van der Waals surface area contributed by atoms with E-state index in [1.807, 2.05) is 0 Å². The molecule has 0 bridgehead atoms. The lowest BCUT2D eigenvalue weighted by Gasteiger charge is -2.41. The zero-order chi connectivity index (χ0) is 15.0. The van der Waals surface area contributed by atoms with Gasteiger partial charge in [0.25, 0.3) is 0 Å². The van der Waals surface area contributed by atoms with Gasteiger partial charge in [0.1, 0.15) is 0 Å². The fourth-order valence-corrected chi connectivity index (χ4v) is 3.14. The molecular formula is C16H35N3O. The van der Waals surface area contributed by atoms with Gasteiger partial charge in [0.15, 0.2) is 0 Å². The van der Waals surface area contributed by atoms with Crippen LogP contribution in [0.2, 0.25) is 0 Å². The van der Waals surface area contributed by atoms with Crippen molar-refractivity contribution in [3.8, 4) is 0 Å². The molecule has 120 valence electrons. The van der Waals surface area contributed by atoms with Gasteiger partial charge in [-0.05, 0) is 45.3 Å². The van der Waals surface area contributed by atoms with Crippen LogP contribution in [0.5, 0.6) is 0 Å². The molecule has 0 unspecified atom stereocenters. The second-order valence-electron chi connectivity index (χ2n) is 7.07. The highest BCUT2D eigenvalue weighted by atomic mass is 16.5. The number of hydrogen-bond acceptors (Lipinski definition) is 4. The Morgan fingerprint density at radius 3 is 2.30 bits per heavy atom. The minimum absolute atomic E-state index is 0.397. The number of nitrogens with one attached hydrogen (secondary N) is 1. The molecule has 0 saturated carbocycles. The molecule has 0 aromatic heterocycles. The molecule has 1 aliphatic heterocycles. The van der Waals surface area contributed by atoms with Crippen LogP contribution in [-0.4, -0.2) is 76.9 Å². The van der Waals surface area contributed by atoms with Crippen molar-refractivity contribution < 1.29 is 4.74 Å². The Labute approximate surface area is 125 Å². The van der Waals surface area contributed by atoms with Gasteiger partial charge in [-0.15, -0.1) is 0 Å². The first-order valence-electron chi connectivity index (χ1n) is 8.07. The van der Waals surface area contributed by atoms with Gasteiger partial charge in [-0.25, -0.2) is 0 Å². The van der Waals surface area contributed by atoms with Gasteiger partial charge in [-0.2, -0.15) is 0 Å². The summed E-state index contributed by atoms with van der Waals surface area (Å²) in [5.74, 6) is 0.726. The van der Waals surface area contributed by atoms with Crippen molar-refractivity contribution in [1.29, 1.82) is 0 Å². The number of hydrogen-bond donors (Lipinski definition) is 1. The van der Waals surface area contributed by atoms with Crippen LogP contribution in [0.3, 0.4) is 0 Å². The quantitative estimate of drug-likeness (QED) is 0.695. The Morgan fingerprint density at radius 1 is 1.15 bits per heavy atom. The fourth-order valence-electron chi connectivity index (χ4n) is 3.14. The van der Waals surface area contributed by atoms with Crippen LogP contribution < -0.4 is 5.32 Å². The minimum Gasteiger partial charge on any atom is -0.381 e. The number of nitrogens with zero attached hydrogens (tertiary/aromatic N) is 2. The molecule has 1 heterocycles. The predicted octanol–water partition coefficient (Wildman–Crippen LogP) is 1.52. The predicted molar refractivity (Wildman–Crippen MR) is 86.2 cm³/mol. The summed E-state index contributed by atoms with van der Waals surface area (Å²) in [4.78, 5) is 4.94. The van der Waals surface area contributed by atoms with Gasteiger partial charge in [-0.3, -0.25) is 0 Å². The van der Waals surface area contributed by atoms with E-state index in [2.05, 4.69) is 50.1 Å². The lowest BCUT2D eigenvalue weighted by atomic mass is 9.79. The summed E-state index contributed by atoms with van der Waals surface area (Å²) < 4.78 is 5.58. The molecule has 0 amide bonds. The molecule has 1 fully saturated rings. The van der Waals surface area contributed by atoms with Gasteiger partial charge in [0.2, 0.25) is 0 Å². The molecule has 1 aliphatic rings. The zero-order valence-electron chi connectivity index (χ0n) is 14.2. The molecule has 0 aromatic rings. The van der Waals surface area contributed by atoms with Crippen molar-refractivity contribution in [3.05, 3.63) is 0 Å². The van der Waals surface area contributed by atoms with Crippen molar-refractivity contribution in [2.45, 2.75) is 26.7 Å². The van der Waals surface area contributed by atoms with Gasteiger partial charge in [0, 0.05) is 45.9 Å². The lowest BCUT2D eigenvalue weighted by Crippen LogP contribution is -2.48. The maximum atomic E-state index is 5.58. The molecule has 1 rings (SSSR count). The molecule has 4 nitrogen and oxygen atoms in total. The second kappa shape index (κ2) is 8.98. The Balaban J connectivity index is 2.62. The van der Waals surface area contributed by atoms with Crippen molar-refractivity contribution in [2.24, 2.45) is 11.3 Å². The molecule has 4 heteroatoms. The standard InChI is InChI=1S/C16H35N3O/c1-15(2)12-19(9-8-18(4)5)14-16(13-17-3)6-10-20-11-7-16/h15,17H,6-14H2,1-5H3. The minimum atomic E-state index is 0.397. The van der Waals surface area contributed by atoms with Crippen LogP contribution in [0.15, 0.2) is 0 Å². The number of ether oxygens (including phenoxy) is 1. The molecule has 1 N–H and O–H groups in total. The summed E-state index contributed by atoms with van der Waals surface area (Å²) in [6, 6.07) is 0. The van der Waals surface area contributed by atoms with Crippen molar-refractivity contribution in [2.75, 3.05) is 67.1 Å². The van der Waals surface area contributed by atoms with E-state index in [0.717, 1.165) is 38.8 Å². The first-order valence-corrected chi connectivity index (χ1v) is 8.07. The third-order valence-electron chi connectivity index (χ3n) is 4.15. The van der Waals surface area contributed by atoms with Crippen molar-refractivity contribution in [1.82, 2.24) is 15.1 Å². The third kappa shape index (κ3) is 6.53. The molecule has 0 spiro atoms. The summed E-state index contributed by atoms with van der Waals surface area (Å²) in [6.45, 7) is 12.3. The molecular weight excluding hydrogens is 250 g/mol. The average molecular weight is 285 g/mol. The number of rotatable bonds is 9.